The number of hydrogen-bond donors (Lipinski definition) is 1. The molecular weight excluding hydrogens is 184 g/mol. The predicted octanol–water partition coefficient (Wildman–Crippen LogP) is 3.20. The largest absolute Gasteiger partial charge is 0.351 e. The second kappa shape index (κ2) is 5.96. The molecule has 1 aromatic rings. The van der Waals surface area contributed by atoms with Crippen molar-refractivity contribution in [2.75, 3.05) is 6.54 Å². The average molecular weight is 208 g/mol. The zero-order valence-corrected chi connectivity index (χ0v) is 10.5. The molecule has 2 heteroatoms. The fourth-order valence-corrected chi connectivity index (χ4v) is 1.55. The second-order valence-electron chi connectivity index (χ2n) is 4.75. The Morgan fingerprint density at radius 1 is 1.33 bits per heavy atom. The molecular formula is C13H24N2. The van der Waals surface area contributed by atoms with Crippen molar-refractivity contribution in [3.05, 3.63) is 24.0 Å². The summed E-state index contributed by atoms with van der Waals surface area (Å²) >= 11 is 0. The van der Waals surface area contributed by atoms with Crippen LogP contribution < -0.4 is 5.32 Å². The first-order valence-electron chi connectivity index (χ1n) is 6.00. The number of aromatic nitrogens is 1. The summed E-state index contributed by atoms with van der Waals surface area (Å²) in [5.74, 6) is 0.724. The Kier molecular flexibility index (Phi) is 4.89. The highest BCUT2D eigenvalue weighted by Crippen LogP contribution is 2.12. The van der Waals surface area contributed by atoms with E-state index < -0.39 is 0 Å². The van der Waals surface area contributed by atoms with E-state index in [0.29, 0.717) is 6.04 Å². The Balaban J connectivity index is 2.39. The normalized spacial score (nSPS) is 13.4. The van der Waals surface area contributed by atoms with E-state index in [9.17, 15) is 0 Å². The average Bonchev–Trinajstić information content (AvgIpc) is 2.65. The SMILES string of the molecule is CC[C@@H](C)n1ccc(CNCC(C)C)c1. The van der Waals surface area contributed by atoms with Crippen LogP contribution in [0.4, 0.5) is 0 Å². The van der Waals surface area contributed by atoms with E-state index in [-0.39, 0.29) is 0 Å². The van der Waals surface area contributed by atoms with Crippen molar-refractivity contribution in [1.29, 1.82) is 0 Å². The quantitative estimate of drug-likeness (QED) is 0.759. The van der Waals surface area contributed by atoms with Gasteiger partial charge in [-0.15, -0.1) is 0 Å². The van der Waals surface area contributed by atoms with Crippen LogP contribution in [0.15, 0.2) is 18.5 Å². The maximum atomic E-state index is 3.46. The Morgan fingerprint density at radius 2 is 2.07 bits per heavy atom. The lowest BCUT2D eigenvalue weighted by atomic mass is 10.2. The lowest BCUT2D eigenvalue weighted by Gasteiger charge is -2.10. The van der Waals surface area contributed by atoms with E-state index in [1.165, 1.54) is 12.0 Å². The minimum absolute atomic E-state index is 0.615. The summed E-state index contributed by atoms with van der Waals surface area (Å²) in [6.07, 6.45) is 5.62. The van der Waals surface area contributed by atoms with Gasteiger partial charge in [-0.2, -0.15) is 0 Å². The Bertz CT molecular complexity index is 276. The fourth-order valence-electron chi connectivity index (χ4n) is 1.55. The molecule has 15 heavy (non-hydrogen) atoms. The lowest BCUT2D eigenvalue weighted by molar-refractivity contribution is 0.528. The van der Waals surface area contributed by atoms with Crippen LogP contribution in [0.25, 0.3) is 0 Å². The van der Waals surface area contributed by atoms with Gasteiger partial charge in [-0.1, -0.05) is 20.8 Å². The molecule has 0 unspecified atom stereocenters. The standard InChI is InChI=1S/C13H24N2/c1-5-12(4)15-7-6-13(10-15)9-14-8-11(2)3/h6-7,10-12,14H,5,8-9H2,1-4H3/t12-/m1/s1. The van der Waals surface area contributed by atoms with Crippen LogP contribution in [-0.4, -0.2) is 11.1 Å². The smallest absolute Gasteiger partial charge is 0.0299 e. The summed E-state index contributed by atoms with van der Waals surface area (Å²) in [4.78, 5) is 0. The number of nitrogens with one attached hydrogen (secondary N) is 1. The molecule has 0 aliphatic carbocycles. The van der Waals surface area contributed by atoms with Crippen molar-refractivity contribution < 1.29 is 0 Å². The zero-order chi connectivity index (χ0) is 11.3. The summed E-state index contributed by atoms with van der Waals surface area (Å²) in [6.45, 7) is 11.0. The molecule has 86 valence electrons. The molecule has 0 aliphatic heterocycles. The lowest BCUT2D eigenvalue weighted by Crippen LogP contribution is -2.18. The van der Waals surface area contributed by atoms with Crippen LogP contribution in [0.2, 0.25) is 0 Å². The molecule has 1 heterocycles. The van der Waals surface area contributed by atoms with Gasteiger partial charge in [0.1, 0.15) is 0 Å². The molecule has 0 aromatic carbocycles. The van der Waals surface area contributed by atoms with Gasteiger partial charge in [-0.3, -0.25) is 0 Å². The van der Waals surface area contributed by atoms with E-state index in [0.717, 1.165) is 19.0 Å². The Labute approximate surface area is 93.7 Å². The first kappa shape index (κ1) is 12.3. The van der Waals surface area contributed by atoms with Crippen LogP contribution in [0, 0.1) is 5.92 Å². The maximum Gasteiger partial charge on any atom is 0.0299 e. The van der Waals surface area contributed by atoms with Gasteiger partial charge in [-0.25, -0.2) is 0 Å². The van der Waals surface area contributed by atoms with Crippen molar-refractivity contribution in [2.45, 2.75) is 46.7 Å². The summed E-state index contributed by atoms with van der Waals surface area (Å²) in [6, 6.07) is 2.82. The summed E-state index contributed by atoms with van der Waals surface area (Å²) in [7, 11) is 0. The molecule has 0 spiro atoms. The van der Waals surface area contributed by atoms with E-state index in [4.69, 9.17) is 0 Å². The van der Waals surface area contributed by atoms with Crippen LogP contribution in [0.1, 0.15) is 45.7 Å². The van der Waals surface area contributed by atoms with Crippen molar-refractivity contribution >= 4 is 0 Å². The van der Waals surface area contributed by atoms with Crippen LogP contribution in [0.3, 0.4) is 0 Å². The molecule has 0 fully saturated rings. The molecule has 0 amide bonds. The number of nitrogens with zero attached hydrogens (tertiary/aromatic N) is 1. The summed E-state index contributed by atoms with van der Waals surface area (Å²) in [5.41, 5.74) is 1.39. The van der Waals surface area contributed by atoms with Crippen LogP contribution >= 0.6 is 0 Å². The Morgan fingerprint density at radius 3 is 2.67 bits per heavy atom. The van der Waals surface area contributed by atoms with E-state index in [1.54, 1.807) is 0 Å². The molecule has 1 aromatic heterocycles. The molecule has 0 aliphatic rings. The van der Waals surface area contributed by atoms with Gasteiger partial charge < -0.3 is 9.88 Å². The highest BCUT2D eigenvalue weighted by Gasteiger charge is 2.02. The topological polar surface area (TPSA) is 17.0 Å². The molecule has 0 bridgehead atoms. The molecule has 0 radical (unpaired) electrons. The van der Waals surface area contributed by atoms with Crippen molar-refractivity contribution in [3.63, 3.8) is 0 Å². The molecule has 1 atom stereocenters. The molecule has 2 nitrogen and oxygen atoms in total. The van der Waals surface area contributed by atoms with Gasteiger partial charge in [0.25, 0.3) is 0 Å². The fraction of sp³-hybridized carbons (Fsp3) is 0.692. The monoisotopic (exact) mass is 208 g/mol. The first-order chi connectivity index (χ1) is 7.13. The van der Waals surface area contributed by atoms with Gasteiger partial charge in [0.2, 0.25) is 0 Å². The maximum absolute atomic E-state index is 3.46. The third kappa shape index (κ3) is 4.08. The Hall–Kier alpha value is -0.760. The van der Waals surface area contributed by atoms with E-state index >= 15 is 0 Å². The number of rotatable bonds is 6. The van der Waals surface area contributed by atoms with Crippen molar-refractivity contribution in [3.8, 4) is 0 Å². The van der Waals surface area contributed by atoms with E-state index in [1.807, 2.05) is 0 Å². The molecule has 1 rings (SSSR count). The minimum Gasteiger partial charge on any atom is -0.351 e. The third-order valence-corrected chi connectivity index (χ3v) is 2.76. The van der Waals surface area contributed by atoms with Crippen LogP contribution in [0.5, 0.6) is 0 Å². The minimum atomic E-state index is 0.615. The van der Waals surface area contributed by atoms with Gasteiger partial charge in [0, 0.05) is 25.0 Å². The van der Waals surface area contributed by atoms with Gasteiger partial charge >= 0.3 is 0 Å². The second-order valence-corrected chi connectivity index (χ2v) is 4.75. The molecule has 0 saturated heterocycles. The molecule has 0 saturated carbocycles. The number of hydrogen-bond acceptors (Lipinski definition) is 1. The summed E-state index contributed by atoms with van der Waals surface area (Å²) < 4.78 is 2.30. The van der Waals surface area contributed by atoms with Gasteiger partial charge in [-0.05, 0) is 37.4 Å². The van der Waals surface area contributed by atoms with E-state index in [2.05, 4.69) is 56.0 Å². The highest BCUT2D eigenvalue weighted by molar-refractivity contribution is 5.10. The zero-order valence-electron chi connectivity index (χ0n) is 10.5. The van der Waals surface area contributed by atoms with Gasteiger partial charge in [0.15, 0.2) is 0 Å². The summed E-state index contributed by atoms with van der Waals surface area (Å²) in [5, 5.41) is 3.46. The van der Waals surface area contributed by atoms with Gasteiger partial charge in [0.05, 0.1) is 0 Å². The van der Waals surface area contributed by atoms with Crippen molar-refractivity contribution in [1.82, 2.24) is 9.88 Å². The highest BCUT2D eigenvalue weighted by atomic mass is 15.0. The molecule has 1 N–H and O–H groups in total. The third-order valence-electron chi connectivity index (χ3n) is 2.76. The van der Waals surface area contributed by atoms with Crippen molar-refractivity contribution in [2.24, 2.45) is 5.92 Å². The predicted molar refractivity (Wildman–Crippen MR) is 66.0 cm³/mol. The van der Waals surface area contributed by atoms with Crippen LogP contribution in [-0.2, 0) is 6.54 Å². The first-order valence-corrected chi connectivity index (χ1v) is 6.00.